The van der Waals surface area contributed by atoms with E-state index in [1.54, 1.807) is 0 Å². The highest BCUT2D eigenvalue weighted by atomic mass is 15.3. The fraction of sp³-hybridized carbons (Fsp3) is 1.00. The van der Waals surface area contributed by atoms with E-state index in [4.69, 9.17) is 0 Å². The van der Waals surface area contributed by atoms with E-state index in [-0.39, 0.29) is 0 Å². The van der Waals surface area contributed by atoms with Crippen LogP contribution in [0.5, 0.6) is 0 Å². The van der Waals surface area contributed by atoms with Gasteiger partial charge in [-0.1, -0.05) is 6.92 Å². The third kappa shape index (κ3) is 5.51. The van der Waals surface area contributed by atoms with Crippen molar-refractivity contribution in [3.63, 3.8) is 0 Å². The van der Waals surface area contributed by atoms with E-state index in [0.717, 1.165) is 17.9 Å². The molecule has 0 bridgehead atoms. The molecule has 1 aliphatic heterocycles. The van der Waals surface area contributed by atoms with Crippen LogP contribution in [0.15, 0.2) is 0 Å². The van der Waals surface area contributed by atoms with E-state index < -0.39 is 0 Å². The summed E-state index contributed by atoms with van der Waals surface area (Å²) >= 11 is 0. The largest absolute Gasteiger partial charge is 0.317 e. The molecule has 1 aliphatic carbocycles. The molecule has 3 unspecified atom stereocenters. The highest BCUT2D eigenvalue weighted by Gasteiger charge is 2.29. The van der Waals surface area contributed by atoms with Gasteiger partial charge in [0.05, 0.1) is 0 Å². The molecule has 4 nitrogen and oxygen atoms in total. The molecule has 21 heavy (non-hydrogen) atoms. The molecular formula is C17H36N4. The zero-order chi connectivity index (χ0) is 15.2. The minimum atomic E-state index is 0.743. The maximum absolute atomic E-state index is 3.56. The summed E-state index contributed by atoms with van der Waals surface area (Å²) in [6.45, 7) is 11.2. The Morgan fingerprint density at radius 1 is 1.05 bits per heavy atom. The molecule has 1 heterocycles. The van der Waals surface area contributed by atoms with Crippen molar-refractivity contribution in [2.75, 3.05) is 67.0 Å². The minimum Gasteiger partial charge on any atom is -0.317 e. The number of hydrogen-bond acceptors (Lipinski definition) is 4. The monoisotopic (exact) mass is 296 g/mol. The maximum atomic E-state index is 3.56. The number of rotatable bonds is 6. The van der Waals surface area contributed by atoms with Gasteiger partial charge in [-0.2, -0.15) is 0 Å². The van der Waals surface area contributed by atoms with Crippen LogP contribution in [0.1, 0.15) is 26.2 Å². The van der Waals surface area contributed by atoms with Crippen LogP contribution in [0.3, 0.4) is 0 Å². The van der Waals surface area contributed by atoms with Gasteiger partial charge in [0, 0.05) is 51.9 Å². The van der Waals surface area contributed by atoms with Crippen LogP contribution in [-0.4, -0.2) is 87.7 Å². The van der Waals surface area contributed by atoms with Crippen molar-refractivity contribution in [3.05, 3.63) is 0 Å². The fourth-order valence-corrected chi connectivity index (χ4v) is 3.95. The molecule has 0 aromatic heterocycles. The first kappa shape index (κ1) is 17.2. The predicted octanol–water partition coefficient (Wildman–Crippen LogP) is 1.19. The highest BCUT2D eigenvalue weighted by Crippen LogP contribution is 2.29. The van der Waals surface area contributed by atoms with Crippen molar-refractivity contribution in [2.45, 2.75) is 32.2 Å². The number of hydrogen-bond donors (Lipinski definition) is 1. The standard InChI is InChI=1S/C17H36N4/c1-15-5-6-17(18-2)16(13-15)14-21-11-9-20(10-12-21)8-7-19(3)4/h15-18H,5-14H2,1-4H3. The number of likely N-dealkylation sites (N-methyl/N-ethyl adjacent to an activating group) is 1. The van der Waals surface area contributed by atoms with Gasteiger partial charge in [0.25, 0.3) is 0 Å². The maximum Gasteiger partial charge on any atom is 0.0110 e. The second kappa shape index (κ2) is 8.47. The van der Waals surface area contributed by atoms with Crippen molar-refractivity contribution in [1.82, 2.24) is 20.0 Å². The van der Waals surface area contributed by atoms with Crippen molar-refractivity contribution in [2.24, 2.45) is 11.8 Å². The lowest BCUT2D eigenvalue weighted by atomic mass is 9.78. The Kier molecular flexibility index (Phi) is 6.93. The number of nitrogens with zero attached hydrogens (tertiary/aromatic N) is 3. The third-order valence-electron chi connectivity index (χ3n) is 5.44. The summed E-state index contributed by atoms with van der Waals surface area (Å²) in [6, 6.07) is 0.743. The molecule has 0 aromatic carbocycles. The first-order chi connectivity index (χ1) is 10.1. The van der Waals surface area contributed by atoms with Gasteiger partial charge < -0.3 is 15.1 Å². The quantitative estimate of drug-likeness (QED) is 0.795. The molecular weight excluding hydrogens is 260 g/mol. The SMILES string of the molecule is CNC1CCC(C)CC1CN1CCN(CCN(C)C)CC1. The Morgan fingerprint density at radius 3 is 2.33 bits per heavy atom. The van der Waals surface area contributed by atoms with Gasteiger partial charge in [-0.3, -0.25) is 4.90 Å². The molecule has 1 N–H and O–H groups in total. The molecule has 2 aliphatic rings. The van der Waals surface area contributed by atoms with Crippen LogP contribution in [-0.2, 0) is 0 Å². The number of nitrogens with one attached hydrogen (secondary N) is 1. The van der Waals surface area contributed by atoms with Gasteiger partial charge in [-0.15, -0.1) is 0 Å². The van der Waals surface area contributed by atoms with Crippen LogP contribution in [0, 0.1) is 11.8 Å². The Bertz CT molecular complexity index is 287. The molecule has 0 spiro atoms. The first-order valence-corrected chi connectivity index (χ1v) is 8.85. The summed E-state index contributed by atoms with van der Waals surface area (Å²) in [5.41, 5.74) is 0. The molecule has 1 saturated heterocycles. The van der Waals surface area contributed by atoms with Gasteiger partial charge in [0.2, 0.25) is 0 Å². The van der Waals surface area contributed by atoms with E-state index >= 15 is 0 Å². The lowest BCUT2D eigenvalue weighted by molar-refractivity contribution is 0.0890. The zero-order valence-electron chi connectivity index (χ0n) is 14.6. The van der Waals surface area contributed by atoms with Crippen molar-refractivity contribution < 1.29 is 0 Å². The van der Waals surface area contributed by atoms with Crippen LogP contribution < -0.4 is 5.32 Å². The zero-order valence-corrected chi connectivity index (χ0v) is 14.6. The Morgan fingerprint density at radius 2 is 1.71 bits per heavy atom. The van der Waals surface area contributed by atoms with Crippen LogP contribution in [0.25, 0.3) is 0 Å². The second-order valence-electron chi connectivity index (χ2n) is 7.52. The van der Waals surface area contributed by atoms with E-state index in [0.29, 0.717) is 0 Å². The summed E-state index contributed by atoms with van der Waals surface area (Å²) in [5, 5.41) is 3.56. The lowest BCUT2D eigenvalue weighted by Gasteiger charge is -2.41. The summed E-state index contributed by atoms with van der Waals surface area (Å²) < 4.78 is 0. The third-order valence-corrected chi connectivity index (χ3v) is 5.44. The summed E-state index contributed by atoms with van der Waals surface area (Å²) in [4.78, 5) is 7.61. The second-order valence-corrected chi connectivity index (χ2v) is 7.52. The van der Waals surface area contributed by atoms with E-state index in [1.165, 1.54) is 65.1 Å². The molecule has 124 valence electrons. The first-order valence-electron chi connectivity index (χ1n) is 8.85. The van der Waals surface area contributed by atoms with Gasteiger partial charge in [0.15, 0.2) is 0 Å². The van der Waals surface area contributed by atoms with Gasteiger partial charge in [-0.25, -0.2) is 0 Å². The normalized spacial score (nSPS) is 32.7. The summed E-state index contributed by atoms with van der Waals surface area (Å²) in [6.07, 6.45) is 4.18. The van der Waals surface area contributed by atoms with E-state index in [2.05, 4.69) is 48.1 Å². The summed E-state index contributed by atoms with van der Waals surface area (Å²) in [7, 11) is 6.48. The summed E-state index contributed by atoms with van der Waals surface area (Å²) in [5.74, 6) is 1.77. The Labute approximate surface area is 131 Å². The molecule has 0 radical (unpaired) electrons. The number of piperazine rings is 1. The van der Waals surface area contributed by atoms with Crippen LogP contribution in [0.4, 0.5) is 0 Å². The van der Waals surface area contributed by atoms with E-state index in [9.17, 15) is 0 Å². The molecule has 0 amide bonds. The van der Waals surface area contributed by atoms with Gasteiger partial charge in [-0.05, 0) is 52.2 Å². The van der Waals surface area contributed by atoms with Crippen molar-refractivity contribution in [3.8, 4) is 0 Å². The highest BCUT2D eigenvalue weighted by molar-refractivity contribution is 4.86. The Hall–Kier alpha value is -0.160. The van der Waals surface area contributed by atoms with E-state index in [1.807, 2.05) is 0 Å². The smallest absolute Gasteiger partial charge is 0.0110 e. The molecule has 3 atom stereocenters. The van der Waals surface area contributed by atoms with Crippen molar-refractivity contribution in [1.29, 1.82) is 0 Å². The van der Waals surface area contributed by atoms with Crippen LogP contribution >= 0.6 is 0 Å². The molecule has 1 saturated carbocycles. The van der Waals surface area contributed by atoms with Crippen LogP contribution in [0.2, 0.25) is 0 Å². The average molecular weight is 297 g/mol. The minimum absolute atomic E-state index is 0.743. The predicted molar refractivity (Wildman–Crippen MR) is 90.8 cm³/mol. The molecule has 4 heteroatoms. The molecule has 2 fully saturated rings. The topological polar surface area (TPSA) is 21.8 Å². The fourth-order valence-electron chi connectivity index (χ4n) is 3.95. The lowest BCUT2D eigenvalue weighted by Crippen LogP contribution is -2.51. The van der Waals surface area contributed by atoms with Gasteiger partial charge in [0.1, 0.15) is 0 Å². The van der Waals surface area contributed by atoms with Gasteiger partial charge >= 0.3 is 0 Å². The molecule has 2 rings (SSSR count). The molecule has 0 aromatic rings. The van der Waals surface area contributed by atoms with Crippen molar-refractivity contribution >= 4 is 0 Å². The average Bonchev–Trinajstić information content (AvgIpc) is 2.47. The Balaban J connectivity index is 1.72.